The summed E-state index contributed by atoms with van der Waals surface area (Å²) in [6.07, 6.45) is 0.705. The molecule has 0 aromatic heterocycles. The highest BCUT2D eigenvalue weighted by atomic mass is 16.5. The fourth-order valence-corrected chi connectivity index (χ4v) is 0.894. The van der Waals surface area contributed by atoms with E-state index in [0.717, 1.165) is 0 Å². The van der Waals surface area contributed by atoms with Gasteiger partial charge < -0.3 is 9.84 Å². The largest absolute Gasteiger partial charge is 0.427 e. The average molecular weight is 180 g/mol. The Hall–Kier alpha value is -1.35. The van der Waals surface area contributed by atoms with Gasteiger partial charge in [0.25, 0.3) is 0 Å². The lowest BCUT2D eigenvalue weighted by atomic mass is 10.3. The summed E-state index contributed by atoms with van der Waals surface area (Å²) in [6.45, 7) is 0.0177. The number of aliphatic hydroxyl groups excluding tert-OH is 1. The van der Waals surface area contributed by atoms with E-state index in [1.165, 1.54) is 0 Å². The van der Waals surface area contributed by atoms with Crippen LogP contribution in [-0.4, -0.2) is 17.7 Å². The number of esters is 1. The summed E-state index contributed by atoms with van der Waals surface area (Å²) in [6, 6.07) is 8.89. The highest BCUT2D eigenvalue weighted by molar-refractivity contribution is 5.72. The summed E-state index contributed by atoms with van der Waals surface area (Å²) >= 11 is 0. The zero-order valence-corrected chi connectivity index (χ0v) is 7.27. The Balaban J connectivity index is 2.37. The lowest BCUT2D eigenvalue weighted by Gasteiger charge is -2.02. The van der Waals surface area contributed by atoms with Crippen LogP contribution in [-0.2, 0) is 4.79 Å². The van der Waals surface area contributed by atoms with Crippen LogP contribution in [0.1, 0.15) is 12.8 Å². The van der Waals surface area contributed by atoms with Gasteiger partial charge in [-0.2, -0.15) is 0 Å². The Morgan fingerprint density at radius 1 is 1.31 bits per heavy atom. The van der Waals surface area contributed by atoms with Gasteiger partial charge in [-0.3, -0.25) is 4.79 Å². The maximum Gasteiger partial charge on any atom is 0.311 e. The van der Waals surface area contributed by atoms with Crippen molar-refractivity contribution < 1.29 is 14.6 Å². The first-order chi connectivity index (χ1) is 6.33. The van der Waals surface area contributed by atoms with Crippen molar-refractivity contribution in [2.75, 3.05) is 6.61 Å². The van der Waals surface area contributed by atoms with E-state index in [-0.39, 0.29) is 19.0 Å². The molecule has 0 atom stereocenters. The van der Waals surface area contributed by atoms with Gasteiger partial charge in [-0.25, -0.2) is 0 Å². The van der Waals surface area contributed by atoms with E-state index in [4.69, 9.17) is 9.84 Å². The maximum atomic E-state index is 11.0. The number of carbonyl (C=O) groups is 1. The van der Waals surface area contributed by atoms with Crippen LogP contribution in [0.15, 0.2) is 30.3 Å². The van der Waals surface area contributed by atoms with Crippen molar-refractivity contribution in [3.05, 3.63) is 30.3 Å². The van der Waals surface area contributed by atoms with Gasteiger partial charge in [0.15, 0.2) is 0 Å². The minimum atomic E-state index is -0.305. The fraction of sp³-hybridized carbons (Fsp3) is 0.300. The van der Waals surface area contributed by atoms with Crippen LogP contribution >= 0.6 is 0 Å². The SMILES string of the molecule is O=C(CCCO)Oc1ccccc1. The third-order valence-electron chi connectivity index (χ3n) is 1.51. The quantitative estimate of drug-likeness (QED) is 0.562. The second-order valence-electron chi connectivity index (χ2n) is 2.61. The first kappa shape index (κ1) is 9.74. The molecule has 0 saturated heterocycles. The lowest BCUT2D eigenvalue weighted by Crippen LogP contribution is -2.08. The molecule has 0 aliphatic carbocycles. The molecule has 0 amide bonds. The fourth-order valence-electron chi connectivity index (χ4n) is 0.894. The Morgan fingerprint density at radius 2 is 2.00 bits per heavy atom. The van der Waals surface area contributed by atoms with E-state index in [9.17, 15) is 4.79 Å². The first-order valence-corrected chi connectivity index (χ1v) is 4.19. The topological polar surface area (TPSA) is 46.5 Å². The third kappa shape index (κ3) is 3.71. The van der Waals surface area contributed by atoms with E-state index in [1.807, 2.05) is 6.07 Å². The molecule has 0 spiro atoms. The number of hydrogen-bond acceptors (Lipinski definition) is 3. The average Bonchev–Trinajstić information content (AvgIpc) is 2.16. The molecule has 1 aromatic rings. The number of benzene rings is 1. The summed E-state index contributed by atoms with van der Waals surface area (Å²) in [4.78, 5) is 11.0. The molecular weight excluding hydrogens is 168 g/mol. The van der Waals surface area contributed by atoms with Crippen LogP contribution in [0.2, 0.25) is 0 Å². The molecule has 70 valence electrons. The highest BCUT2D eigenvalue weighted by Crippen LogP contribution is 2.09. The summed E-state index contributed by atoms with van der Waals surface area (Å²) in [5.74, 6) is 0.241. The maximum absolute atomic E-state index is 11.0. The van der Waals surface area contributed by atoms with Crippen LogP contribution in [0.5, 0.6) is 5.75 Å². The Labute approximate surface area is 77.0 Å². The van der Waals surface area contributed by atoms with Gasteiger partial charge in [0.1, 0.15) is 5.75 Å². The molecule has 0 fully saturated rings. The zero-order valence-electron chi connectivity index (χ0n) is 7.27. The van der Waals surface area contributed by atoms with Crippen molar-refractivity contribution in [3.63, 3.8) is 0 Å². The van der Waals surface area contributed by atoms with E-state index in [1.54, 1.807) is 24.3 Å². The van der Waals surface area contributed by atoms with E-state index in [0.29, 0.717) is 12.2 Å². The molecule has 3 nitrogen and oxygen atoms in total. The van der Waals surface area contributed by atoms with E-state index < -0.39 is 0 Å². The second kappa shape index (κ2) is 5.32. The molecular formula is C10H12O3. The molecule has 0 unspecified atom stereocenters. The monoisotopic (exact) mass is 180 g/mol. The standard InChI is InChI=1S/C10H12O3/c11-8-4-7-10(12)13-9-5-2-1-3-6-9/h1-3,5-6,11H,4,7-8H2. The van der Waals surface area contributed by atoms with Gasteiger partial charge in [0, 0.05) is 13.0 Å². The van der Waals surface area contributed by atoms with Crippen LogP contribution in [0, 0.1) is 0 Å². The van der Waals surface area contributed by atoms with Gasteiger partial charge in [-0.05, 0) is 18.6 Å². The highest BCUT2D eigenvalue weighted by Gasteiger charge is 2.02. The Kier molecular flexibility index (Phi) is 3.99. The van der Waals surface area contributed by atoms with Gasteiger partial charge >= 0.3 is 5.97 Å². The smallest absolute Gasteiger partial charge is 0.311 e. The minimum absolute atomic E-state index is 0.0177. The molecule has 0 radical (unpaired) electrons. The predicted octanol–water partition coefficient (Wildman–Crippen LogP) is 1.36. The van der Waals surface area contributed by atoms with Gasteiger partial charge in [0.2, 0.25) is 0 Å². The van der Waals surface area contributed by atoms with Gasteiger partial charge in [0.05, 0.1) is 0 Å². The van der Waals surface area contributed by atoms with Crippen molar-refractivity contribution in [1.82, 2.24) is 0 Å². The number of ether oxygens (including phenoxy) is 1. The molecule has 1 aromatic carbocycles. The predicted molar refractivity (Wildman–Crippen MR) is 48.4 cm³/mol. The van der Waals surface area contributed by atoms with E-state index in [2.05, 4.69) is 0 Å². The number of rotatable bonds is 4. The van der Waals surface area contributed by atoms with Crippen LogP contribution in [0.3, 0.4) is 0 Å². The molecule has 0 bridgehead atoms. The normalized spacial score (nSPS) is 9.62. The van der Waals surface area contributed by atoms with Gasteiger partial charge in [-0.15, -0.1) is 0 Å². The summed E-state index contributed by atoms with van der Waals surface area (Å²) in [5.41, 5.74) is 0. The van der Waals surface area contributed by atoms with Crippen molar-refractivity contribution in [1.29, 1.82) is 0 Å². The molecule has 0 heterocycles. The van der Waals surface area contributed by atoms with Crippen molar-refractivity contribution in [3.8, 4) is 5.75 Å². The third-order valence-corrected chi connectivity index (χ3v) is 1.51. The van der Waals surface area contributed by atoms with Crippen molar-refractivity contribution in [2.45, 2.75) is 12.8 Å². The van der Waals surface area contributed by atoms with Gasteiger partial charge in [-0.1, -0.05) is 18.2 Å². The molecule has 1 rings (SSSR count). The zero-order chi connectivity index (χ0) is 9.52. The van der Waals surface area contributed by atoms with Crippen molar-refractivity contribution >= 4 is 5.97 Å². The van der Waals surface area contributed by atoms with E-state index >= 15 is 0 Å². The van der Waals surface area contributed by atoms with Crippen molar-refractivity contribution in [2.24, 2.45) is 0 Å². The second-order valence-corrected chi connectivity index (χ2v) is 2.61. The molecule has 0 saturated carbocycles. The van der Waals surface area contributed by atoms with Crippen LogP contribution in [0.4, 0.5) is 0 Å². The molecule has 0 aliphatic rings. The summed E-state index contributed by atoms with van der Waals surface area (Å²) < 4.78 is 4.97. The minimum Gasteiger partial charge on any atom is -0.427 e. The first-order valence-electron chi connectivity index (χ1n) is 4.19. The summed E-state index contributed by atoms with van der Waals surface area (Å²) in [5, 5.41) is 8.47. The lowest BCUT2D eigenvalue weighted by molar-refractivity contribution is -0.134. The van der Waals surface area contributed by atoms with Crippen LogP contribution in [0.25, 0.3) is 0 Å². The number of hydrogen-bond donors (Lipinski definition) is 1. The molecule has 0 aliphatic heterocycles. The number of carbonyl (C=O) groups excluding carboxylic acids is 1. The Bertz CT molecular complexity index is 256. The Morgan fingerprint density at radius 3 is 2.62 bits per heavy atom. The number of para-hydroxylation sites is 1. The number of aliphatic hydroxyl groups is 1. The molecule has 13 heavy (non-hydrogen) atoms. The molecule has 3 heteroatoms. The summed E-state index contributed by atoms with van der Waals surface area (Å²) in [7, 11) is 0. The molecule has 1 N–H and O–H groups in total. The van der Waals surface area contributed by atoms with Crippen LogP contribution < -0.4 is 4.74 Å².